The normalized spacial score (nSPS) is 19.2. The van der Waals surface area contributed by atoms with Gasteiger partial charge in [0.25, 0.3) is 0 Å². The Hall–Kier alpha value is -0.520. The lowest BCUT2D eigenvalue weighted by atomic mass is 9.89. The molecule has 0 saturated heterocycles. The third-order valence-electron chi connectivity index (χ3n) is 2.55. The Bertz CT molecular complexity index is 184. The minimum Gasteiger partial charge on any atom is -0.0874 e. The summed E-state index contributed by atoms with van der Waals surface area (Å²) in [6, 6.07) is 0. The summed E-state index contributed by atoms with van der Waals surface area (Å²) < 4.78 is 0. The Labute approximate surface area is 76.4 Å². The van der Waals surface area contributed by atoms with Crippen molar-refractivity contribution in [1.82, 2.24) is 0 Å². The van der Waals surface area contributed by atoms with E-state index in [1.54, 1.807) is 11.1 Å². The lowest BCUT2D eigenvalue weighted by Crippen LogP contribution is -1.97. The fourth-order valence-corrected chi connectivity index (χ4v) is 1.98. The van der Waals surface area contributed by atoms with Crippen molar-refractivity contribution in [2.45, 2.75) is 52.4 Å². The molecule has 0 amide bonds. The number of allylic oxidation sites excluding steroid dienone is 4. The second-order valence-electron chi connectivity index (χ2n) is 3.59. The third kappa shape index (κ3) is 2.51. The summed E-state index contributed by atoms with van der Waals surface area (Å²) in [5.41, 5.74) is 3.35. The molecule has 0 fully saturated rings. The maximum absolute atomic E-state index is 2.31. The summed E-state index contributed by atoms with van der Waals surface area (Å²) in [7, 11) is 0. The first-order valence-electron chi connectivity index (χ1n) is 5.22. The van der Waals surface area contributed by atoms with Crippen molar-refractivity contribution >= 4 is 0 Å². The van der Waals surface area contributed by atoms with Crippen LogP contribution in [0.1, 0.15) is 52.4 Å². The highest BCUT2D eigenvalue weighted by atomic mass is 14.1. The first kappa shape index (κ1) is 9.57. The molecule has 0 bridgehead atoms. The summed E-state index contributed by atoms with van der Waals surface area (Å²) in [5.74, 6) is 0. The molecule has 1 aliphatic carbocycles. The van der Waals surface area contributed by atoms with Gasteiger partial charge in [-0.05, 0) is 44.6 Å². The molecular weight excluding hydrogens is 144 g/mol. The van der Waals surface area contributed by atoms with Gasteiger partial charge in [0.05, 0.1) is 0 Å². The van der Waals surface area contributed by atoms with Crippen molar-refractivity contribution in [3.05, 3.63) is 23.3 Å². The lowest BCUT2D eigenvalue weighted by molar-refractivity contribution is 0.652. The van der Waals surface area contributed by atoms with E-state index in [2.05, 4.69) is 26.0 Å². The molecule has 0 radical (unpaired) electrons. The molecule has 0 aromatic carbocycles. The van der Waals surface area contributed by atoms with Crippen LogP contribution in [0.2, 0.25) is 0 Å². The van der Waals surface area contributed by atoms with E-state index in [0.29, 0.717) is 0 Å². The number of hydrogen-bond donors (Lipinski definition) is 0. The maximum Gasteiger partial charge on any atom is -0.0279 e. The quantitative estimate of drug-likeness (QED) is 0.585. The van der Waals surface area contributed by atoms with E-state index >= 15 is 0 Å². The van der Waals surface area contributed by atoms with Gasteiger partial charge in [-0.25, -0.2) is 0 Å². The zero-order valence-electron chi connectivity index (χ0n) is 8.40. The average molecular weight is 164 g/mol. The van der Waals surface area contributed by atoms with E-state index in [1.165, 1.54) is 38.5 Å². The van der Waals surface area contributed by atoms with Gasteiger partial charge >= 0.3 is 0 Å². The maximum atomic E-state index is 2.31. The van der Waals surface area contributed by atoms with E-state index < -0.39 is 0 Å². The van der Waals surface area contributed by atoms with Crippen LogP contribution >= 0.6 is 0 Å². The summed E-state index contributed by atoms with van der Waals surface area (Å²) in [6.07, 6.45) is 12.6. The predicted octanol–water partition coefficient (Wildman–Crippen LogP) is 4.23. The summed E-state index contributed by atoms with van der Waals surface area (Å²) in [5, 5.41) is 0. The van der Waals surface area contributed by atoms with E-state index in [9.17, 15) is 0 Å². The van der Waals surface area contributed by atoms with Crippen molar-refractivity contribution in [2.24, 2.45) is 0 Å². The molecule has 1 aliphatic rings. The van der Waals surface area contributed by atoms with Gasteiger partial charge < -0.3 is 0 Å². The van der Waals surface area contributed by atoms with Gasteiger partial charge in [-0.1, -0.05) is 31.1 Å². The molecule has 12 heavy (non-hydrogen) atoms. The van der Waals surface area contributed by atoms with Crippen LogP contribution in [0.25, 0.3) is 0 Å². The standard InChI is InChI=1S/C12H20/c1-3-7-11-9-5-6-10-12(11)8-4-2/h3,7H,4-6,8-10H2,1-2H3/b7-3-. The molecule has 0 aromatic rings. The fraction of sp³-hybridized carbons (Fsp3) is 0.667. The molecule has 68 valence electrons. The van der Waals surface area contributed by atoms with E-state index in [-0.39, 0.29) is 0 Å². The summed E-state index contributed by atoms with van der Waals surface area (Å²) in [4.78, 5) is 0. The molecule has 0 atom stereocenters. The van der Waals surface area contributed by atoms with Crippen molar-refractivity contribution in [2.75, 3.05) is 0 Å². The van der Waals surface area contributed by atoms with Crippen LogP contribution in [0, 0.1) is 0 Å². The predicted molar refractivity (Wildman–Crippen MR) is 55.2 cm³/mol. The van der Waals surface area contributed by atoms with Crippen molar-refractivity contribution in [3.63, 3.8) is 0 Å². The Morgan fingerprint density at radius 2 is 2.00 bits per heavy atom. The van der Waals surface area contributed by atoms with E-state index in [0.717, 1.165) is 0 Å². The van der Waals surface area contributed by atoms with Crippen LogP contribution in [0.15, 0.2) is 23.3 Å². The molecule has 0 heterocycles. The van der Waals surface area contributed by atoms with Crippen LogP contribution in [0.5, 0.6) is 0 Å². The van der Waals surface area contributed by atoms with Gasteiger partial charge in [0.2, 0.25) is 0 Å². The van der Waals surface area contributed by atoms with Gasteiger partial charge in [-0.2, -0.15) is 0 Å². The molecule has 0 aromatic heterocycles. The largest absolute Gasteiger partial charge is 0.0874 e. The Morgan fingerprint density at radius 1 is 1.25 bits per heavy atom. The van der Waals surface area contributed by atoms with Gasteiger partial charge in [0.15, 0.2) is 0 Å². The summed E-state index contributed by atoms with van der Waals surface area (Å²) in [6.45, 7) is 4.39. The molecule has 0 saturated carbocycles. The van der Waals surface area contributed by atoms with Crippen molar-refractivity contribution in [3.8, 4) is 0 Å². The van der Waals surface area contributed by atoms with Gasteiger partial charge in [-0.3, -0.25) is 0 Å². The molecule has 0 heteroatoms. The SMILES string of the molecule is C/C=C\C1=C(CCC)CCCC1. The fourth-order valence-electron chi connectivity index (χ4n) is 1.98. The molecular formula is C12H20. The molecule has 0 spiro atoms. The first-order valence-corrected chi connectivity index (χ1v) is 5.22. The summed E-state index contributed by atoms with van der Waals surface area (Å²) >= 11 is 0. The zero-order valence-corrected chi connectivity index (χ0v) is 8.40. The number of rotatable bonds is 3. The number of hydrogen-bond acceptors (Lipinski definition) is 0. The van der Waals surface area contributed by atoms with Gasteiger partial charge in [-0.15, -0.1) is 0 Å². The van der Waals surface area contributed by atoms with Gasteiger partial charge in [0, 0.05) is 0 Å². The van der Waals surface area contributed by atoms with Crippen LogP contribution in [0.4, 0.5) is 0 Å². The first-order chi connectivity index (χ1) is 5.88. The zero-order chi connectivity index (χ0) is 8.81. The minimum absolute atomic E-state index is 1.30. The molecule has 0 unspecified atom stereocenters. The third-order valence-corrected chi connectivity index (χ3v) is 2.55. The molecule has 0 nitrogen and oxygen atoms in total. The van der Waals surface area contributed by atoms with Gasteiger partial charge in [0.1, 0.15) is 0 Å². The van der Waals surface area contributed by atoms with Crippen LogP contribution < -0.4 is 0 Å². The highest BCUT2D eigenvalue weighted by molar-refractivity contribution is 5.27. The molecule has 0 aliphatic heterocycles. The van der Waals surface area contributed by atoms with E-state index in [4.69, 9.17) is 0 Å². The van der Waals surface area contributed by atoms with Crippen LogP contribution in [-0.4, -0.2) is 0 Å². The second-order valence-corrected chi connectivity index (χ2v) is 3.59. The minimum atomic E-state index is 1.30. The Kier molecular flexibility index (Phi) is 4.13. The van der Waals surface area contributed by atoms with E-state index in [1.807, 2.05) is 0 Å². The van der Waals surface area contributed by atoms with Crippen LogP contribution in [-0.2, 0) is 0 Å². The Morgan fingerprint density at radius 3 is 2.67 bits per heavy atom. The Balaban J connectivity index is 2.68. The highest BCUT2D eigenvalue weighted by Gasteiger charge is 2.08. The van der Waals surface area contributed by atoms with Crippen molar-refractivity contribution < 1.29 is 0 Å². The highest BCUT2D eigenvalue weighted by Crippen LogP contribution is 2.28. The second kappa shape index (κ2) is 5.18. The lowest BCUT2D eigenvalue weighted by Gasteiger charge is -2.17. The average Bonchev–Trinajstić information content (AvgIpc) is 2.09. The molecule has 0 N–H and O–H groups in total. The monoisotopic (exact) mass is 164 g/mol. The smallest absolute Gasteiger partial charge is 0.0279 e. The topological polar surface area (TPSA) is 0 Å². The van der Waals surface area contributed by atoms with Crippen LogP contribution in [0.3, 0.4) is 0 Å². The van der Waals surface area contributed by atoms with Crippen molar-refractivity contribution in [1.29, 1.82) is 0 Å². The molecule has 1 rings (SSSR count).